The molecule has 8 nitrogen and oxygen atoms in total. The number of nitrogens with zero attached hydrogens (tertiary/aromatic N) is 6. The molecule has 0 bridgehead atoms. The minimum Gasteiger partial charge on any atom is -0.371 e. The summed E-state index contributed by atoms with van der Waals surface area (Å²) < 4.78 is 46.0. The highest BCUT2D eigenvalue weighted by Crippen LogP contribution is 2.43. The molecule has 2 saturated heterocycles. The van der Waals surface area contributed by atoms with Gasteiger partial charge in [0.15, 0.2) is 0 Å². The fourth-order valence-electron chi connectivity index (χ4n) is 6.20. The Bertz CT molecular complexity index is 1570. The first-order chi connectivity index (χ1) is 18.3. The molecule has 2 aromatic heterocycles. The molecule has 0 saturated carbocycles. The van der Waals surface area contributed by atoms with Crippen LogP contribution < -0.4 is 4.90 Å². The number of aryl methyl sites for hydroxylation is 2. The van der Waals surface area contributed by atoms with E-state index in [1.54, 1.807) is 27.3 Å². The molecule has 0 aliphatic carbocycles. The second-order valence-electron chi connectivity index (χ2n) is 10.6. The van der Waals surface area contributed by atoms with Crippen LogP contribution in [0.4, 0.5) is 10.1 Å². The molecule has 10 heteroatoms. The maximum absolute atomic E-state index is 13.6. The van der Waals surface area contributed by atoms with Gasteiger partial charge in [-0.2, -0.15) is 14.5 Å². The number of piperidine rings is 1. The zero-order valence-corrected chi connectivity index (χ0v) is 22.7. The molecule has 4 aromatic rings. The summed E-state index contributed by atoms with van der Waals surface area (Å²) >= 11 is 0. The topological polar surface area (TPSA) is 76.3 Å². The number of rotatable bonds is 6. The van der Waals surface area contributed by atoms with Gasteiger partial charge in [-0.1, -0.05) is 6.92 Å². The standard InChI is InChI=1S/C28H33FN6O2S/c1-3-12-33-20-25(19-30-33)38(36,37)34-13-4-9-28(34)10-14-32(15-11-28)26-17-22-18-31-35(27(22)16-21(26)2)24-7-5-23(29)6-8-24/h5-8,16-20H,3-4,9-15H2,1-2H3. The molecule has 0 amide bonds. The molecule has 200 valence electrons. The highest BCUT2D eigenvalue weighted by Gasteiger charge is 2.49. The zero-order valence-electron chi connectivity index (χ0n) is 21.8. The Balaban J connectivity index is 1.23. The van der Waals surface area contributed by atoms with Gasteiger partial charge in [-0.05, 0) is 81.0 Å². The average molecular weight is 537 g/mol. The first-order valence-corrected chi connectivity index (χ1v) is 14.8. The first-order valence-electron chi connectivity index (χ1n) is 13.4. The van der Waals surface area contributed by atoms with E-state index < -0.39 is 10.0 Å². The van der Waals surface area contributed by atoms with Gasteiger partial charge in [-0.25, -0.2) is 17.5 Å². The lowest BCUT2D eigenvalue weighted by Gasteiger charge is -2.45. The van der Waals surface area contributed by atoms with Crippen molar-refractivity contribution in [2.45, 2.75) is 62.9 Å². The number of fused-ring (bicyclic) bond motifs is 1. The van der Waals surface area contributed by atoms with Crippen LogP contribution in [0.5, 0.6) is 0 Å². The van der Waals surface area contributed by atoms with E-state index in [4.69, 9.17) is 0 Å². The van der Waals surface area contributed by atoms with Crippen molar-refractivity contribution in [3.8, 4) is 5.69 Å². The van der Waals surface area contributed by atoms with Gasteiger partial charge in [0.2, 0.25) is 10.0 Å². The van der Waals surface area contributed by atoms with E-state index in [0.29, 0.717) is 18.0 Å². The van der Waals surface area contributed by atoms with Gasteiger partial charge in [-0.3, -0.25) is 4.68 Å². The van der Waals surface area contributed by atoms with Crippen molar-refractivity contribution in [3.05, 3.63) is 66.4 Å². The van der Waals surface area contributed by atoms with Gasteiger partial charge in [0, 0.05) is 49.0 Å². The van der Waals surface area contributed by atoms with Crippen LogP contribution in [0, 0.1) is 12.7 Å². The van der Waals surface area contributed by atoms with Gasteiger partial charge < -0.3 is 4.90 Å². The molecule has 2 aromatic carbocycles. The lowest BCUT2D eigenvalue weighted by molar-refractivity contribution is 0.192. The van der Waals surface area contributed by atoms with E-state index in [9.17, 15) is 12.8 Å². The number of hydrogen-bond donors (Lipinski definition) is 0. The minimum atomic E-state index is -3.59. The highest BCUT2D eigenvalue weighted by atomic mass is 32.2. The number of benzene rings is 2. The number of halogens is 1. The van der Waals surface area contributed by atoms with Crippen molar-refractivity contribution >= 4 is 26.6 Å². The molecule has 2 fully saturated rings. The number of sulfonamides is 1. The van der Waals surface area contributed by atoms with Crippen molar-refractivity contribution < 1.29 is 12.8 Å². The van der Waals surface area contributed by atoms with Gasteiger partial charge in [-0.15, -0.1) is 0 Å². The zero-order chi connectivity index (χ0) is 26.5. The summed E-state index contributed by atoms with van der Waals surface area (Å²) in [5.74, 6) is -0.272. The molecule has 0 radical (unpaired) electrons. The fourth-order valence-corrected chi connectivity index (χ4v) is 8.05. The van der Waals surface area contributed by atoms with E-state index in [1.165, 1.54) is 18.3 Å². The predicted molar refractivity (Wildman–Crippen MR) is 146 cm³/mol. The maximum atomic E-state index is 13.6. The van der Waals surface area contributed by atoms with Crippen molar-refractivity contribution in [1.29, 1.82) is 0 Å². The molecule has 4 heterocycles. The highest BCUT2D eigenvalue weighted by molar-refractivity contribution is 7.89. The van der Waals surface area contributed by atoms with E-state index >= 15 is 0 Å². The summed E-state index contributed by atoms with van der Waals surface area (Å²) in [6.07, 6.45) is 9.28. The predicted octanol–water partition coefficient (Wildman–Crippen LogP) is 4.90. The SMILES string of the molecule is CCCn1cc(S(=O)(=O)N2CCCC23CCN(c2cc4cnn(-c5ccc(F)cc5)c4cc2C)CC3)cn1. The molecule has 0 atom stereocenters. The summed E-state index contributed by atoms with van der Waals surface area (Å²) in [6.45, 7) is 7.01. The summed E-state index contributed by atoms with van der Waals surface area (Å²) in [7, 11) is -3.59. The van der Waals surface area contributed by atoms with Crippen LogP contribution in [0.1, 0.15) is 44.6 Å². The summed E-state index contributed by atoms with van der Waals surface area (Å²) in [5, 5.41) is 9.84. The van der Waals surface area contributed by atoms with E-state index in [2.05, 4.69) is 41.1 Å². The molecule has 2 aliphatic heterocycles. The van der Waals surface area contributed by atoms with Crippen LogP contribution in [0.15, 0.2) is 59.9 Å². The van der Waals surface area contributed by atoms with Crippen LogP contribution in [0.25, 0.3) is 16.6 Å². The lowest BCUT2D eigenvalue weighted by atomic mass is 9.86. The normalized spacial score (nSPS) is 18.1. The van der Waals surface area contributed by atoms with Crippen molar-refractivity contribution in [2.75, 3.05) is 24.5 Å². The maximum Gasteiger partial charge on any atom is 0.246 e. The third-order valence-corrected chi connectivity index (χ3v) is 10.1. The van der Waals surface area contributed by atoms with E-state index in [0.717, 1.165) is 73.0 Å². The van der Waals surface area contributed by atoms with Crippen LogP contribution in [-0.4, -0.2) is 57.5 Å². The molecular weight excluding hydrogens is 503 g/mol. The number of anilines is 1. The quantitative estimate of drug-likeness (QED) is 0.350. The Hall–Kier alpha value is -3.24. The fraction of sp³-hybridized carbons (Fsp3) is 0.429. The average Bonchev–Trinajstić information content (AvgIpc) is 3.65. The van der Waals surface area contributed by atoms with E-state index in [-0.39, 0.29) is 11.4 Å². The summed E-state index contributed by atoms with van der Waals surface area (Å²) in [4.78, 5) is 2.67. The van der Waals surface area contributed by atoms with Crippen LogP contribution in [0.3, 0.4) is 0 Å². The van der Waals surface area contributed by atoms with Crippen molar-refractivity contribution in [3.63, 3.8) is 0 Å². The molecule has 2 aliphatic rings. The first kappa shape index (κ1) is 25.1. The lowest BCUT2D eigenvalue weighted by Crippen LogP contribution is -2.54. The van der Waals surface area contributed by atoms with Gasteiger partial charge in [0.25, 0.3) is 0 Å². The van der Waals surface area contributed by atoms with Crippen LogP contribution >= 0.6 is 0 Å². The Morgan fingerprint density at radius 1 is 1.00 bits per heavy atom. The van der Waals surface area contributed by atoms with Crippen LogP contribution in [-0.2, 0) is 16.6 Å². The minimum absolute atomic E-state index is 0.272. The smallest absolute Gasteiger partial charge is 0.246 e. The molecule has 6 rings (SSSR count). The monoisotopic (exact) mass is 536 g/mol. The van der Waals surface area contributed by atoms with Crippen molar-refractivity contribution in [2.24, 2.45) is 0 Å². The Morgan fingerprint density at radius 2 is 1.76 bits per heavy atom. The largest absolute Gasteiger partial charge is 0.371 e. The molecular formula is C28H33FN6O2S. The second kappa shape index (κ2) is 9.50. The second-order valence-corrected chi connectivity index (χ2v) is 12.4. The Morgan fingerprint density at radius 3 is 2.50 bits per heavy atom. The Kier molecular flexibility index (Phi) is 6.26. The number of hydrogen-bond acceptors (Lipinski definition) is 5. The molecule has 1 spiro atoms. The van der Waals surface area contributed by atoms with Crippen molar-refractivity contribution in [1.82, 2.24) is 23.9 Å². The van der Waals surface area contributed by atoms with Crippen LogP contribution in [0.2, 0.25) is 0 Å². The molecule has 38 heavy (non-hydrogen) atoms. The summed E-state index contributed by atoms with van der Waals surface area (Å²) in [5.41, 5.74) is 3.74. The van der Waals surface area contributed by atoms with Gasteiger partial charge >= 0.3 is 0 Å². The number of aromatic nitrogens is 4. The van der Waals surface area contributed by atoms with E-state index in [1.807, 2.05) is 10.9 Å². The Labute approximate surface area is 222 Å². The third kappa shape index (κ3) is 4.19. The van der Waals surface area contributed by atoms with Gasteiger partial charge in [0.1, 0.15) is 10.7 Å². The third-order valence-electron chi connectivity index (χ3n) is 8.17. The summed E-state index contributed by atoms with van der Waals surface area (Å²) in [6, 6.07) is 10.6. The van der Waals surface area contributed by atoms with Gasteiger partial charge in [0.05, 0.1) is 23.6 Å². The molecule has 0 N–H and O–H groups in total. The molecule has 0 unspecified atom stereocenters.